The van der Waals surface area contributed by atoms with Gasteiger partial charge in [-0.25, -0.2) is 0 Å². The number of fused-ring (bicyclic) bond motifs is 6. The van der Waals surface area contributed by atoms with Crippen molar-refractivity contribution in [1.82, 2.24) is 0 Å². The SMILES string of the molecule is Cc1ccc(/C=C/c2ccc(N(c3ccc(C)cc3)c3c4ccccc4c(-c4c5ccccc5c(-c5c6ccccc6cc6ccccc56)c5ccccc45)c4ccccc34)cc2)cc1. The summed E-state index contributed by atoms with van der Waals surface area (Å²) >= 11 is 0. The van der Waals surface area contributed by atoms with Crippen molar-refractivity contribution in [3.05, 3.63) is 247 Å². The Kier molecular flexibility index (Phi) is 9.35. The zero-order valence-corrected chi connectivity index (χ0v) is 36.5. The van der Waals surface area contributed by atoms with Crippen LogP contribution in [0.1, 0.15) is 22.3 Å². The molecular formula is C64H45N. The quantitative estimate of drug-likeness (QED) is 0.114. The van der Waals surface area contributed by atoms with E-state index < -0.39 is 0 Å². The van der Waals surface area contributed by atoms with Gasteiger partial charge in [-0.15, -0.1) is 0 Å². The molecule has 65 heavy (non-hydrogen) atoms. The summed E-state index contributed by atoms with van der Waals surface area (Å²) < 4.78 is 0. The maximum Gasteiger partial charge on any atom is 0.0618 e. The number of anilines is 3. The molecule has 12 aromatic carbocycles. The summed E-state index contributed by atoms with van der Waals surface area (Å²) in [6.45, 7) is 4.29. The second-order valence-corrected chi connectivity index (χ2v) is 17.4. The van der Waals surface area contributed by atoms with Crippen molar-refractivity contribution in [3.8, 4) is 22.3 Å². The summed E-state index contributed by atoms with van der Waals surface area (Å²) in [4.78, 5) is 2.46. The van der Waals surface area contributed by atoms with Gasteiger partial charge in [-0.1, -0.05) is 217 Å². The first-order valence-electron chi connectivity index (χ1n) is 22.6. The molecule has 0 amide bonds. The number of hydrogen-bond acceptors (Lipinski definition) is 1. The third-order valence-corrected chi connectivity index (χ3v) is 13.3. The van der Waals surface area contributed by atoms with E-state index in [1.54, 1.807) is 0 Å². The predicted octanol–water partition coefficient (Wildman–Crippen LogP) is 18.2. The molecule has 1 heteroatoms. The maximum absolute atomic E-state index is 2.46. The molecule has 0 aliphatic heterocycles. The van der Waals surface area contributed by atoms with Crippen LogP contribution in [-0.2, 0) is 0 Å². The number of nitrogens with zero attached hydrogens (tertiary/aromatic N) is 1. The molecule has 0 fully saturated rings. The zero-order chi connectivity index (χ0) is 43.4. The Labute approximate surface area is 379 Å². The summed E-state index contributed by atoms with van der Waals surface area (Å²) in [5, 5.41) is 14.8. The van der Waals surface area contributed by atoms with Crippen LogP contribution in [0.2, 0.25) is 0 Å². The Bertz CT molecular complexity index is 3650. The molecule has 0 unspecified atom stereocenters. The molecule has 0 heterocycles. The number of aryl methyl sites for hydroxylation is 2. The highest BCUT2D eigenvalue weighted by molar-refractivity contribution is 6.32. The summed E-state index contributed by atoms with van der Waals surface area (Å²) in [6.07, 6.45) is 4.39. The second-order valence-electron chi connectivity index (χ2n) is 17.4. The highest BCUT2D eigenvalue weighted by atomic mass is 15.1. The lowest BCUT2D eigenvalue weighted by Gasteiger charge is -2.30. The minimum absolute atomic E-state index is 1.10. The van der Waals surface area contributed by atoms with Crippen LogP contribution in [0.4, 0.5) is 17.1 Å². The van der Waals surface area contributed by atoms with Gasteiger partial charge in [0.15, 0.2) is 0 Å². The van der Waals surface area contributed by atoms with Crippen LogP contribution in [0, 0.1) is 13.8 Å². The zero-order valence-electron chi connectivity index (χ0n) is 36.5. The van der Waals surface area contributed by atoms with E-state index in [-0.39, 0.29) is 0 Å². The van der Waals surface area contributed by atoms with Crippen molar-refractivity contribution in [3.63, 3.8) is 0 Å². The molecule has 0 bridgehead atoms. The van der Waals surface area contributed by atoms with E-state index in [0.29, 0.717) is 0 Å². The lowest BCUT2D eigenvalue weighted by molar-refractivity contribution is 1.30. The van der Waals surface area contributed by atoms with Crippen LogP contribution < -0.4 is 4.90 Å². The van der Waals surface area contributed by atoms with Gasteiger partial charge < -0.3 is 4.90 Å². The first-order valence-corrected chi connectivity index (χ1v) is 22.6. The summed E-state index contributed by atoms with van der Waals surface area (Å²) in [5.74, 6) is 0. The standard InChI is InChI=1S/C64H45N/c1-42-27-31-44(32-28-42)33-34-45-35-39-49(40-36-45)65(48-37-29-43(2)30-38-48)64-58-25-13-11-23-56(58)63(57-24-12-14-26-59(57)64)62-54-21-9-7-19-52(54)61(53-20-8-10-22-55(53)62)60-50-17-5-3-15-46(50)41-47-16-4-6-18-51(47)60/h3-41H,1-2H3/b34-33+. The molecule has 12 rings (SSSR count). The van der Waals surface area contributed by atoms with Gasteiger partial charge in [-0.05, 0) is 131 Å². The lowest BCUT2D eigenvalue weighted by atomic mass is 9.81. The first-order chi connectivity index (χ1) is 32.1. The number of rotatable bonds is 7. The Morgan fingerprint density at radius 3 is 0.954 bits per heavy atom. The molecule has 1 nitrogen and oxygen atoms in total. The fourth-order valence-electron chi connectivity index (χ4n) is 10.3. The summed E-state index contributed by atoms with van der Waals surface area (Å²) in [5.41, 5.74) is 13.3. The average molecular weight is 828 g/mol. The monoisotopic (exact) mass is 827 g/mol. The molecule has 0 aliphatic rings. The highest BCUT2D eigenvalue weighted by Crippen LogP contribution is 2.53. The van der Waals surface area contributed by atoms with E-state index in [2.05, 4.69) is 255 Å². The van der Waals surface area contributed by atoms with E-state index in [4.69, 9.17) is 0 Å². The Balaban J connectivity index is 1.14. The first kappa shape index (κ1) is 38.4. The van der Waals surface area contributed by atoms with E-state index in [1.165, 1.54) is 109 Å². The van der Waals surface area contributed by atoms with Gasteiger partial charge in [0, 0.05) is 22.1 Å². The predicted molar refractivity (Wildman–Crippen MR) is 282 cm³/mol. The molecule has 0 radical (unpaired) electrons. The largest absolute Gasteiger partial charge is 0.309 e. The van der Waals surface area contributed by atoms with Crippen molar-refractivity contribution in [2.24, 2.45) is 0 Å². The van der Waals surface area contributed by atoms with Gasteiger partial charge in [-0.2, -0.15) is 0 Å². The normalized spacial score (nSPS) is 11.8. The molecule has 0 atom stereocenters. The average Bonchev–Trinajstić information content (AvgIpc) is 3.36. The van der Waals surface area contributed by atoms with Crippen LogP contribution in [0.25, 0.3) is 99.0 Å². The Morgan fingerprint density at radius 2 is 0.554 bits per heavy atom. The van der Waals surface area contributed by atoms with E-state index in [1.807, 2.05) is 0 Å². The van der Waals surface area contributed by atoms with Gasteiger partial charge in [0.1, 0.15) is 0 Å². The Hall–Kier alpha value is -8.26. The number of benzene rings is 12. The van der Waals surface area contributed by atoms with Crippen molar-refractivity contribution >= 4 is 93.8 Å². The molecule has 0 spiro atoms. The van der Waals surface area contributed by atoms with Crippen LogP contribution in [0.15, 0.2) is 224 Å². The Morgan fingerprint density at radius 1 is 0.277 bits per heavy atom. The third-order valence-electron chi connectivity index (χ3n) is 13.3. The molecule has 306 valence electrons. The van der Waals surface area contributed by atoms with E-state index in [0.717, 1.165) is 16.9 Å². The van der Waals surface area contributed by atoms with Gasteiger partial charge in [0.2, 0.25) is 0 Å². The van der Waals surface area contributed by atoms with Crippen LogP contribution in [-0.4, -0.2) is 0 Å². The van der Waals surface area contributed by atoms with Gasteiger partial charge in [0.05, 0.1) is 5.69 Å². The van der Waals surface area contributed by atoms with Gasteiger partial charge >= 0.3 is 0 Å². The van der Waals surface area contributed by atoms with Gasteiger partial charge in [0.25, 0.3) is 0 Å². The molecule has 12 aromatic rings. The van der Waals surface area contributed by atoms with E-state index >= 15 is 0 Å². The molecule has 0 aromatic heterocycles. The fourth-order valence-corrected chi connectivity index (χ4v) is 10.3. The minimum atomic E-state index is 1.10. The van der Waals surface area contributed by atoms with Crippen molar-refractivity contribution in [1.29, 1.82) is 0 Å². The maximum atomic E-state index is 2.46. The van der Waals surface area contributed by atoms with Crippen LogP contribution >= 0.6 is 0 Å². The van der Waals surface area contributed by atoms with Crippen molar-refractivity contribution in [2.75, 3.05) is 4.90 Å². The second kappa shape index (κ2) is 15.8. The molecule has 0 saturated carbocycles. The van der Waals surface area contributed by atoms with Crippen molar-refractivity contribution < 1.29 is 0 Å². The van der Waals surface area contributed by atoms with Crippen LogP contribution in [0.5, 0.6) is 0 Å². The smallest absolute Gasteiger partial charge is 0.0618 e. The van der Waals surface area contributed by atoms with E-state index in [9.17, 15) is 0 Å². The minimum Gasteiger partial charge on any atom is -0.309 e. The fraction of sp³-hybridized carbons (Fsp3) is 0.0312. The number of hydrogen-bond donors (Lipinski definition) is 0. The lowest BCUT2D eigenvalue weighted by Crippen LogP contribution is -2.11. The van der Waals surface area contributed by atoms with Gasteiger partial charge in [-0.3, -0.25) is 0 Å². The highest BCUT2D eigenvalue weighted by Gasteiger charge is 2.26. The summed E-state index contributed by atoms with van der Waals surface area (Å²) in [6, 6.07) is 83.1. The topological polar surface area (TPSA) is 3.24 Å². The molecule has 0 aliphatic carbocycles. The van der Waals surface area contributed by atoms with Crippen molar-refractivity contribution in [2.45, 2.75) is 13.8 Å². The molecule has 0 saturated heterocycles. The molecule has 0 N–H and O–H groups in total. The van der Waals surface area contributed by atoms with Crippen LogP contribution in [0.3, 0.4) is 0 Å². The third kappa shape index (κ3) is 6.55. The summed E-state index contributed by atoms with van der Waals surface area (Å²) in [7, 11) is 0. The molecular weight excluding hydrogens is 783 g/mol.